The molecule has 4 heteroatoms. The lowest BCUT2D eigenvalue weighted by Crippen LogP contribution is -2.34. The van der Waals surface area contributed by atoms with E-state index in [2.05, 4.69) is 12.1 Å². The zero-order valence-electron chi connectivity index (χ0n) is 14.2. The first-order valence-electron chi connectivity index (χ1n) is 8.84. The van der Waals surface area contributed by atoms with E-state index in [1.807, 2.05) is 24.0 Å². The average Bonchev–Trinajstić information content (AvgIpc) is 3.47. The summed E-state index contributed by atoms with van der Waals surface area (Å²) in [5.74, 6) is -1.61. The van der Waals surface area contributed by atoms with Crippen molar-refractivity contribution < 1.29 is 13.6 Å². The molecule has 0 bridgehead atoms. The van der Waals surface area contributed by atoms with Crippen molar-refractivity contribution in [1.29, 1.82) is 0 Å². The number of hydrogen-bond donors (Lipinski definition) is 0. The molecule has 2 fully saturated rings. The normalized spacial score (nSPS) is 21.9. The van der Waals surface area contributed by atoms with Crippen LogP contribution in [-0.4, -0.2) is 16.8 Å². The maximum atomic E-state index is 13.4. The summed E-state index contributed by atoms with van der Waals surface area (Å²) in [4.78, 5) is 15.0. The van der Waals surface area contributed by atoms with Crippen LogP contribution in [0.15, 0.2) is 42.5 Å². The van der Waals surface area contributed by atoms with E-state index in [0.717, 1.165) is 36.5 Å². The third kappa shape index (κ3) is 3.44. The Morgan fingerprint density at radius 2 is 1.92 bits per heavy atom. The van der Waals surface area contributed by atoms with E-state index in [9.17, 15) is 13.6 Å². The van der Waals surface area contributed by atoms with Gasteiger partial charge < -0.3 is 4.90 Å². The highest BCUT2D eigenvalue weighted by molar-refractivity contribution is 5.83. The molecule has 1 amide bonds. The van der Waals surface area contributed by atoms with Crippen molar-refractivity contribution in [3.63, 3.8) is 0 Å². The minimum Gasteiger partial charge on any atom is -0.335 e. The largest absolute Gasteiger partial charge is 0.335 e. The molecule has 0 saturated heterocycles. The summed E-state index contributed by atoms with van der Waals surface area (Å²) < 4.78 is 26.6. The topological polar surface area (TPSA) is 20.3 Å². The second-order valence-electron chi connectivity index (χ2n) is 7.31. The van der Waals surface area contributed by atoms with Crippen LogP contribution in [0, 0.1) is 24.5 Å². The molecule has 0 radical (unpaired) electrons. The summed E-state index contributed by atoms with van der Waals surface area (Å²) in [6.07, 6.45) is 2.83. The molecular formula is C21H21F2NO. The van der Waals surface area contributed by atoms with Gasteiger partial charge in [0.15, 0.2) is 11.6 Å². The second kappa shape index (κ2) is 6.25. The van der Waals surface area contributed by atoms with Gasteiger partial charge >= 0.3 is 0 Å². The van der Waals surface area contributed by atoms with Crippen molar-refractivity contribution in [2.75, 3.05) is 0 Å². The van der Waals surface area contributed by atoms with Crippen LogP contribution in [0.2, 0.25) is 0 Å². The van der Waals surface area contributed by atoms with E-state index >= 15 is 0 Å². The highest BCUT2D eigenvalue weighted by atomic mass is 19.2. The fourth-order valence-electron chi connectivity index (χ4n) is 3.57. The molecule has 2 atom stereocenters. The Balaban J connectivity index is 1.48. The smallest absolute Gasteiger partial charge is 0.226 e. The molecule has 0 aliphatic heterocycles. The van der Waals surface area contributed by atoms with E-state index in [1.165, 1.54) is 11.6 Å². The molecule has 25 heavy (non-hydrogen) atoms. The Bertz CT molecular complexity index is 815. The first kappa shape index (κ1) is 16.2. The van der Waals surface area contributed by atoms with Crippen molar-refractivity contribution in [2.24, 2.45) is 5.92 Å². The third-order valence-electron chi connectivity index (χ3n) is 5.19. The molecule has 2 aliphatic carbocycles. The number of aryl methyl sites for hydroxylation is 1. The molecule has 2 aromatic carbocycles. The molecule has 130 valence electrons. The number of carbonyl (C=O) groups excluding carboxylic acids is 1. The van der Waals surface area contributed by atoms with Crippen LogP contribution >= 0.6 is 0 Å². The van der Waals surface area contributed by atoms with Gasteiger partial charge in [-0.15, -0.1) is 0 Å². The fraction of sp³-hybridized carbons (Fsp3) is 0.381. The quantitative estimate of drug-likeness (QED) is 0.780. The van der Waals surface area contributed by atoms with E-state index in [4.69, 9.17) is 0 Å². The van der Waals surface area contributed by atoms with Crippen LogP contribution in [0.5, 0.6) is 0 Å². The lowest BCUT2D eigenvalue weighted by Gasteiger charge is -2.23. The number of benzene rings is 2. The molecule has 2 aromatic rings. The zero-order chi connectivity index (χ0) is 17.6. The molecule has 2 nitrogen and oxygen atoms in total. The van der Waals surface area contributed by atoms with Crippen LogP contribution in [0.1, 0.15) is 41.9 Å². The lowest BCUT2D eigenvalue weighted by molar-refractivity contribution is -0.133. The molecular weight excluding hydrogens is 320 g/mol. The molecule has 0 N–H and O–H groups in total. The molecule has 4 rings (SSSR count). The molecule has 0 spiro atoms. The van der Waals surface area contributed by atoms with E-state index < -0.39 is 11.6 Å². The summed E-state index contributed by atoms with van der Waals surface area (Å²) in [5.41, 5.74) is 3.06. The lowest BCUT2D eigenvalue weighted by atomic mass is 10.1. The first-order valence-corrected chi connectivity index (χ1v) is 8.84. The number of nitrogens with zero attached hydrogens (tertiary/aromatic N) is 1. The Kier molecular flexibility index (Phi) is 4.06. The van der Waals surface area contributed by atoms with Gasteiger partial charge in [-0.1, -0.05) is 35.9 Å². The Morgan fingerprint density at radius 1 is 1.12 bits per heavy atom. The Labute approximate surface area is 146 Å². The van der Waals surface area contributed by atoms with Crippen molar-refractivity contribution in [3.05, 3.63) is 70.8 Å². The molecule has 2 saturated carbocycles. The monoisotopic (exact) mass is 341 g/mol. The summed E-state index contributed by atoms with van der Waals surface area (Å²) in [7, 11) is 0. The highest BCUT2D eigenvalue weighted by Crippen LogP contribution is 2.49. The standard InChI is InChI=1S/C21H21F2NO/c1-13-3-2-4-14(9-13)12-24(16-6-7-16)21(25)18-11-17(18)15-5-8-19(22)20(23)10-15/h2-5,8-10,16-18H,6-7,11-12H2,1H3. The van der Waals surface area contributed by atoms with E-state index in [1.54, 1.807) is 6.07 Å². The molecule has 2 aliphatic rings. The number of amides is 1. The molecule has 2 unspecified atom stereocenters. The van der Waals surface area contributed by atoms with Crippen LogP contribution in [-0.2, 0) is 11.3 Å². The van der Waals surface area contributed by atoms with E-state index in [-0.39, 0.29) is 17.7 Å². The highest BCUT2D eigenvalue weighted by Gasteiger charge is 2.48. The fourth-order valence-corrected chi connectivity index (χ4v) is 3.57. The maximum Gasteiger partial charge on any atom is 0.226 e. The predicted molar refractivity (Wildman–Crippen MR) is 92.0 cm³/mol. The Hall–Kier alpha value is -2.23. The van der Waals surface area contributed by atoms with Crippen molar-refractivity contribution in [3.8, 4) is 0 Å². The minimum absolute atomic E-state index is 0.0151. The van der Waals surface area contributed by atoms with Gasteiger partial charge in [-0.25, -0.2) is 8.78 Å². The van der Waals surface area contributed by atoms with Crippen molar-refractivity contribution in [1.82, 2.24) is 4.90 Å². The number of rotatable bonds is 5. The van der Waals surface area contributed by atoms with Crippen LogP contribution in [0.25, 0.3) is 0 Å². The predicted octanol–water partition coefficient (Wildman–Crippen LogP) is 4.57. The minimum atomic E-state index is -0.841. The third-order valence-corrected chi connectivity index (χ3v) is 5.19. The van der Waals surface area contributed by atoms with Crippen LogP contribution in [0.4, 0.5) is 8.78 Å². The number of halogens is 2. The van der Waals surface area contributed by atoms with Gasteiger partial charge in [-0.3, -0.25) is 4.79 Å². The van der Waals surface area contributed by atoms with Gasteiger partial charge in [-0.05, 0) is 55.4 Å². The molecule has 0 aromatic heterocycles. The van der Waals surface area contributed by atoms with Gasteiger partial charge in [0, 0.05) is 18.5 Å². The number of carbonyl (C=O) groups is 1. The Morgan fingerprint density at radius 3 is 2.60 bits per heavy atom. The first-order chi connectivity index (χ1) is 12.0. The van der Waals surface area contributed by atoms with Crippen molar-refractivity contribution in [2.45, 2.75) is 44.7 Å². The van der Waals surface area contributed by atoms with Gasteiger partial charge in [0.1, 0.15) is 0 Å². The van der Waals surface area contributed by atoms with Gasteiger partial charge in [0.2, 0.25) is 5.91 Å². The summed E-state index contributed by atoms with van der Waals surface area (Å²) in [5, 5.41) is 0. The van der Waals surface area contributed by atoms with Crippen LogP contribution in [0.3, 0.4) is 0 Å². The number of hydrogen-bond acceptors (Lipinski definition) is 1. The van der Waals surface area contributed by atoms with E-state index in [0.29, 0.717) is 12.6 Å². The SMILES string of the molecule is Cc1cccc(CN(C(=O)C2CC2c2ccc(F)c(F)c2)C2CC2)c1. The summed E-state index contributed by atoms with van der Waals surface area (Å²) in [6.45, 7) is 2.68. The van der Waals surface area contributed by atoms with Crippen LogP contribution < -0.4 is 0 Å². The summed E-state index contributed by atoms with van der Waals surface area (Å²) >= 11 is 0. The van der Waals surface area contributed by atoms with Gasteiger partial charge in [0.25, 0.3) is 0 Å². The summed E-state index contributed by atoms with van der Waals surface area (Å²) in [6, 6.07) is 12.5. The van der Waals surface area contributed by atoms with Gasteiger partial charge in [0.05, 0.1) is 0 Å². The van der Waals surface area contributed by atoms with Gasteiger partial charge in [-0.2, -0.15) is 0 Å². The maximum absolute atomic E-state index is 13.4. The molecule has 0 heterocycles. The average molecular weight is 341 g/mol. The van der Waals surface area contributed by atoms with Crippen molar-refractivity contribution >= 4 is 5.91 Å². The second-order valence-corrected chi connectivity index (χ2v) is 7.31. The zero-order valence-corrected chi connectivity index (χ0v) is 14.2.